The third kappa shape index (κ3) is 2.28. The summed E-state index contributed by atoms with van der Waals surface area (Å²) in [5, 5.41) is 2.20. The molecule has 0 aliphatic rings. The molecule has 0 saturated heterocycles. The Morgan fingerprint density at radius 2 is 1.88 bits per heavy atom. The van der Waals surface area contributed by atoms with Gasteiger partial charge in [0.15, 0.2) is 0 Å². The van der Waals surface area contributed by atoms with Crippen molar-refractivity contribution in [3.05, 3.63) is 54.6 Å². The van der Waals surface area contributed by atoms with Crippen molar-refractivity contribution in [2.24, 2.45) is 0 Å². The Labute approximate surface area is 94.2 Å². The van der Waals surface area contributed by atoms with E-state index in [0.29, 0.717) is 5.75 Å². The van der Waals surface area contributed by atoms with Gasteiger partial charge in [0.1, 0.15) is 5.75 Å². The molecule has 0 aliphatic carbocycles. The van der Waals surface area contributed by atoms with Crippen LogP contribution in [0.2, 0.25) is 0 Å². The second-order valence-electron chi connectivity index (χ2n) is 3.43. The van der Waals surface area contributed by atoms with E-state index in [1.54, 1.807) is 19.1 Å². The highest BCUT2D eigenvalue weighted by atomic mass is 16.5. The summed E-state index contributed by atoms with van der Waals surface area (Å²) in [7, 11) is 0. The van der Waals surface area contributed by atoms with Gasteiger partial charge in [0.05, 0.1) is 0 Å². The van der Waals surface area contributed by atoms with Crippen molar-refractivity contribution in [3.63, 3.8) is 0 Å². The first-order chi connectivity index (χ1) is 7.79. The van der Waals surface area contributed by atoms with E-state index in [1.165, 1.54) is 6.08 Å². The van der Waals surface area contributed by atoms with Gasteiger partial charge < -0.3 is 4.74 Å². The van der Waals surface area contributed by atoms with E-state index in [2.05, 4.69) is 0 Å². The molecule has 2 rings (SSSR count). The predicted octanol–water partition coefficient (Wildman–Crippen LogP) is 3.32. The van der Waals surface area contributed by atoms with Crippen LogP contribution in [0.1, 0.15) is 6.92 Å². The number of esters is 1. The first-order valence-electron chi connectivity index (χ1n) is 5.13. The number of hydrogen-bond donors (Lipinski definition) is 0. The molecule has 2 aromatic rings. The van der Waals surface area contributed by atoms with Crippen LogP contribution in [0.5, 0.6) is 5.75 Å². The SMILES string of the molecule is CC=CC(=O)Oc1ccc2ccccc2c1. The molecule has 0 bridgehead atoms. The molecule has 0 aliphatic heterocycles. The summed E-state index contributed by atoms with van der Waals surface area (Å²) in [4.78, 5) is 11.2. The molecule has 0 atom stereocenters. The van der Waals surface area contributed by atoms with Gasteiger partial charge in [0.25, 0.3) is 0 Å². The Hall–Kier alpha value is -2.09. The Kier molecular flexibility index (Phi) is 3.01. The zero-order valence-corrected chi connectivity index (χ0v) is 9.01. The Balaban J connectivity index is 2.29. The number of benzene rings is 2. The maximum absolute atomic E-state index is 11.2. The molecule has 80 valence electrons. The highest BCUT2D eigenvalue weighted by Gasteiger charge is 2.00. The lowest BCUT2D eigenvalue weighted by molar-refractivity contribution is -0.128. The fourth-order valence-electron chi connectivity index (χ4n) is 1.52. The molecule has 0 aromatic heterocycles. The van der Waals surface area contributed by atoms with Crippen LogP contribution in [0, 0.1) is 0 Å². The molecule has 0 saturated carbocycles. The van der Waals surface area contributed by atoms with Crippen molar-refractivity contribution in [3.8, 4) is 5.75 Å². The van der Waals surface area contributed by atoms with E-state index in [9.17, 15) is 4.79 Å². The molecule has 2 heteroatoms. The van der Waals surface area contributed by atoms with Gasteiger partial charge in [-0.1, -0.05) is 36.4 Å². The van der Waals surface area contributed by atoms with Crippen molar-refractivity contribution < 1.29 is 9.53 Å². The van der Waals surface area contributed by atoms with Crippen molar-refractivity contribution in [2.75, 3.05) is 0 Å². The first kappa shape index (κ1) is 10.4. The fraction of sp³-hybridized carbons (Fsp3) is 0.0714. The molecule has 16 heavy (non-hydrogen) atoms. The summed E-state index contributed by atoms with van der Waals surface area (Å²) in [6, 6.07) is 13.5. The normalized spacial score (nSPS) is 10.8. The second-order valence-corrected chi connectivity index (χ2v) is 3.43. The summed E-state index contributed by atoms with van der Waals surface area (Å²) >= 11 is 0. The van der Waals surface area contributed by atoms with Gasteiger partial charge in [-0.2, -0.15) is 0 Å². The van der Waals surface area contributed by atoms with Crippen molar-refractivity contribution in [1.29, 1.82) is 0 Å². The van der Waals surface area contributed by atoms with Crippen LogP contribution < -0.4 is 4.74 Å². The largest absolute Gasteiger partial charge is 0.423 e. The van der Waals surface area contributed by atoms with Crippen molar-refractivity contribution >= 4 is 16.7 Å². The van der Waals surface area contributed by atoms with Crippen LogP contribution in [-0.2, 0) is 4.79 Å². The zero-order valence-electron chi connectivity index (χ0n) is 9.01. The molecule has 0 fully saturated rings. The number of allylic oxidation sites excluding steroid dienone is 1. The standard InChI is InChI=1S/C14H12O2/c1-2-5-14(15)16-13-9-8-11-6-3-4-7-12(11)10-13/h2-10H,1H3. The van der Waals surface area contributed by atoms with Crippen LogP contribution in [-0.4, -0.2) is 5.97 Å². The summed E-state index contributed by atoms with van der Waals surface area (Å²) in [5.74, 6) is 0.222. The van der Waals surface area contributed by atoms with Crippen LogP contribution in [0.3, 0.4) is 0 Å². The van der Waals surface area contributed by atoms with Crippen molar-refractivity contribution in [1.82, 2.24) is 0 Å². The minimum absolute atomic E-state index is 0.349. The van der Waals surface area contributed by atoms with Gasteiger partial charge >= 0.3 is 5.97 Å². The molecule has 0 spiro atoms. The maximum atomic E-state index is 11.2. The van der Waals surface area contributed by atoms with Gasteiger partial charge in [-0.3, -0.25) is 0 Å². The number of carbonyl (C=O) groups is 1. The summed E-state index contributed by atoms with van der Waals surface area (Å²) in [6.45, 7) is 1.78. The lowest BCUT2D eigenvalue weighted by Gasteiger charge is -2.03. The van der Waals surface area contributed by atoms with E-state index >= 15 is 0 Å². The molecule has 2 aromatic carbocycles. The average molecular weight is 212 g/mol. The maximum Gasteiger partial charge on any atom is 0.335 e. The number of rotatable bonds is 2. The van der Waals surface area contributed by atoms with E-state index in [-0.39, 0.29) is 5.97 Å². The van der Waals surface area contributed by atoms with Gasteiger partial charge in [0, 0.05) is 6.08 Å². The van der Waals surface area contributed by atoms with E-state index in [1.807, 2.05) is 36.4 Å². The van der Waals surface area contributed by atoms with Gasteiger partial charge in [-0.05, 0) is 29.8 Å². The number of ether oxygens (including phenoxy) is 1. The second kappa shape index (κ2) is 4.62. The molecule has 2 nitrogen and oxygen atoms in total. The monoisotopic (exact) mass is 212 g/mol. The quantitative estimate of drug-likeness (QED) is 0.433. The Morgan fingerprint density at radius 3 is 2.62 bits per heavy atom. The third-order valence-corrected chi connectivity index (χ3v) is 2.24. The highest BCUT2D eigenvalue weighted by Crippen LogP contribution is 2.20. The first-order valence-corrected chi connectivity index (χ1v) is 5.13. The predicted molar refractivity (Wildman–Crippen MR) is 64.4 cm³/mol. The topological polar surface area (TPSA) is 26.3 Å². The molecule has 0 heterocycles. The smallest absolute Gasteiger partial charge is 0.335 e. The number of carbonyl (C=O) groups excluding carboxylic acids is 1. The Morgan fingerprint density at radius 1 is 1.12 bits per heavy atom. The van der Waals surface area contributed by atoms with Gasteiger partial charge in [-0.15, -0.1) is 0 Å². The van der Waals surface area contributed by atoms with Gasteiger partial charge in [0.2, 0.25) is 0 Å². The number of fused-ring (bicyclic) bond motifs is 1. The highest BCUT2D eigenvalue weighted by molar-refractivity contribution is 5.87. The van der Waals surface area contributed by atoms with Crippen LogP contribution >= 0.6 is 0 Å². The van der Waals surface area contributed by atoms with Crippen LogP contribution in [0.15, 0.2) is 54.6 Å². The molecule has 0 radical (unpaired) electrons. The zero-order chi connectivity index (χ0) is 11.4. The van der Waals surface area contributed by atoms with Crippen molar-refractivity contribution in [2.45, 2.75) is 6.92 Å². The molecular weight excluding hydrogens is 200 g/mol. The lowest BCUT2D eigenvalue weighted by atomic mass is 10.1. The molecule has 0 amide bonds. The number of hydrogen-bond acceptors (Lipinski definition) is 2. The summed E-state index contributed by atoms with van der Waals surface area (Å²) < 4.78 is 5.14. The van der Waals surface area contributed by atoms with E-state index in [0.717, 1.165) is 10.8 Å². The minimum atomic E-state index is -0.349. The summed E-state index contributed by atoms with van der Waals surface area (Å²) in [5.41, 5.74) is 0. The van der Waals surface area contributed by atoms with Gasteiger partial charge in [-0.25, -0.2) is 4.79 Å². The minimum Gasteiger partial charge on any atom is -0.423 e. The molecular formula is C14H12O2. The molecule has 0 unspecified atom stereocenters. The average Bonchev–Trinajstić information content (AvgIpc) is 2.29. The third-order valence-electron chi connectivity index (χ3n) is 2.24. The summed E-state index contributed by atoms with van der Waals surface area (Å²) in [6.07, 6.45) is 3.05. The van der Waals surface area contributed by atoms with E-state index in [4.69, 9.17) is 4.74 Å². The lowest BCUT2D eigenvalue weighted by Crippen LogP contribution is -2.03. The van der Waals surface area contributed by atoms with E-state index < -0.39 is 0 Å². The Bertz CT molecular complexity index is 541. The van der Waals surface area contributed by atoms with Crippen LogP contribution in [0.4, 0.5) is 0 Å². The molecule has 0 N–H and O–H groups in total. The van der Waals surface area contributed by atoms with Crippen LogP contribution in [0.25, 0.3) is 10.8 Å². The fourth-order valence-corrected chi connectivity index (χ4v) is 1.52.